The molecule has 1 fully saturated rings. The van der Waals surface area contributed by atoms with E-state index in [0.717, 1.165) is 0 Å². The molecule has 4 nitrogen and oxygen atoms in total. The first-order valence-electron chi connectivity index (χ1n) is 5.52. The number of ether oxygens (including phenoxy) is 1. The largest absolute Gasteiger partial charge is 0.449 e. The number of hydrogen-bond donors (Lipinski definition) is 1. The molecule has 17 heavy (non-hydrogen) atoms. The van der Waals surface area contributed by atoms with E-state index in [1.165, 1.54) is 4.90 Å². The fourth-order valence-corrected chi connectivity index (χ4v) is 2.11. The first-order chi connectivity index (χ1) is 8.22. The molecule has 0 bridgehead atoms. The van der Waals surface area contributed by atoms with Gasteiger partial charge in [-0.15, -0.1) is 0 Å². The third-order valence-corrected chi connectivity index (χ3v) is 3.10. The van der Waals surface area contributed by atoms with Crippen molar-refractivity contribution in [3.05, 3.63) is 29.3 Å². The van der Waals surface area contributed by atoms with Crippen LogP contribution in [0.3, 0.4) is 0 Å². The van der Waals surface area contributed by atoms with Crippen LogP contribution in [-0.2, 0) is 4.74 Å². The average molecular weight is 256 g/mol. The van der Waals surface area contributed by atoms with Crippen molar-refractivity contribution in [2.75, 3.05) is 24.7 Å². The number of aliphatic hydroxyl groups is 1. The topological polar surface area (TPSA) is 49.8 Å². The summed E-state index contributed by atoms with van der Waals surface area (Å²) in [7, 11) is 0. The molecule has 1 aliphatic rings. The number of aliphatic hydroxyl groups excluding tert-OH is 1. The number of carbonyl (C=O) groups excluding carboxylic acids is 1. The van der Waals surface area contributed by atoms with Crippen LogP contribution in [0.2, 0.25) is 5.02 Å². The van der Waals surface area contributed by atoms with Crippen LogP contribution in [0.15, 0.2) is 24.3 Å². The van der Waals surface area contributed by atoms with Gasteiger partial charge in [-0.05, 0) is 18.6 Å². The molecule has 1 saturated heterocycles. The molecule has 2 rings (SSSR count). The second-order valence-corrected chi connectivity index (χ2v) is 4.42. The smallest absolute Gasteiger partial charge is 0.414 e. The molecule has 92 valence electrons. The van der Waals surface area contributed by atoms with Gasteiger partial charge in [0.25, 0.3) is 0 Å². The molecular formula is C12H14ClNO3. The number of hydrogen-bond acceptors (Lipinski definition) is 3. The first kappa shape index (κ1) is 12.2. The maximum Gasteiger partial charge on any atom is 0.414 e. The number of amides is 1. The Morgan fingerprint density at radius 2 is 2.24 bits per heavy atom. The van der Waals surface area contributed by atoms with Gasteiger partial charge < -0.3 is 9.84 Å². The Labute approximate surface area is 105 Å². The van der Waals surface area contributed by atoms with E-state index in [0.29, 0.717) is 30.3 Å². The van der Waals surface area contributed by atoms with E-state index in [4.69, 9.17) is 21.4 Å². The van der Waals surface area contributed by atoms with Gasteiger partial charge in [0.05, 0.1) is 17.3 Å². The van der Waals surface area contributed by atoms with E-state index >= 15 is 0 Å². The molecule has 5 heteroatoms. The van der Waals surface area contributed by atoms with Crippen molar-refractivity contribution in [1.29, 1.82) is 0 Å². The van der Waals surface area contributed by atoms with Gasteiger partial charge in [-0.2, -0.15) is 0 Å². The highest BCUT2D eigenvalue weighted by Crippen LogP contribution is 2.28. The minimum Gasteiger partial charge on any atom is -0.449 e. The highest BCUT2D eigenvalue weighted by molar-refractivity contribution is 6.33. The van der Waals surface area contributed by atoms with E-state index in [1.54, 1.807) is 12.1 Å². The minimum atomic E-state index is -0.382. The fourth-order valence-electron chi connectivity index (χ4n) is 1.88. The number of carbonyl (C=O) groups is 1. The average Bonchev–Trinajstić information content (AvgIpc) is 2.33. The van der Waals surface area contributed by atoms with Crippen LogP contribution < -0.4 is 4.90 Å². The van der Waals surface area contributed by atoms with Gasteiger partial charge in [0, 0.05) is 19.1 Å². The number of benzene rings is 1. The van der Waals surface area contributed by atoms with Crippen LogP contribution in [0.1, 0.15) is 6.42 Å². The molecule has 0 aliphatic carbocycles. The quantitative estimate of drug-likeness (QED) is 0.902. The van der Waals surface area contributed by atoms with Crippen LogP contribution >= 0.6 is 11.6 Å². The summed E-state index contributed by atoms with van der Waals surface area (Å²) < 4.78 is 5.08. The Hall–Kier alpha value is -1.26. The van der Waals surface area contributed by atoms with Gasteiger partial charge in [0.1, 0.15) is 0 Å². The van der Waals surface area contributed by atoms with E-state index in [1.807, 2.05) is 12.1 Å². The second-order valence-electron chi connectivity index (χ2n) is 4.02. The molecule has 0 aromatic heterocycles. The Morgan fingerprint density at radius 1 is 1.47 bits per heavy atom. The Morgan fingerprint density at radius 3 is 2.94 bits per heavy atom. The molecule has 0 radical (unpaired) electrons. The first-order valence-corrected chi connectivity index (χ1v) is 5.90. The van der Waals surface area contributed by atoms with E-state index in [2.05, 4.69) is 0 Å². The van der Waals surface area contributed by atoms with Gasteiger partial charge in [-0.1, -0.05) is 23.7 Å². The SMILES string of the molecule is O=C1OCC(CCO)CN1c1ccccc1Cl. The highest BCUT2D eigenvalue weighted by Gasteiger charge is 2.28. The van der Waals surface area contributed by atoms with Gasteiger partial charge in [-0.25, -0.2) is 4.79 Å². The number of halogens is 1. The molecule has 1 N–H and O–H groups in total. The van der Waals surface area contributed by atoms with Gasteiger partial charge in [-0.3, -0.25) is 4.90 Å². The lowest BCUT2D eigenvalue weighted by Crippen LogP contribution is -2.43. The molecule has 0 spiro atoms. The summed E-state index contributed by atoms with van der Waals surface area (Å²) in [6, 6.07) is 7.15. The molecular weight excluding hydrogens is 242 g/mol. The highest BCUT2D eigenvalue weighted by atomic mass is 35.5. The number of cyclic esters (lactones) is 1. The third kappa shape index (κ3) is 2.70. The number of nitrogens with zero attached hydrogens (tertiary/aromatic N) is 1. The van der Waals surface area contributed by atoms with E-state index in [9.17, 15) is 4.79 Å². The van der Waals surface area contributed by atoms with Crippen LogP contribution in [0.25, 0.3) is 0 Å². The van der Waals surface area contributed by atoms with Crippen LogP contribution in [-0.4, -0.2) is 31.0 Å². The van der Waals surface area contributed by atoms with Crippen LogP contribution in [0.5, 0.6) is 0 Å². The molecule has 1 amide bonds. The number of rotatable bonds is 3. The molecule has 0 saturated carbocycles. The maximum atomic E-state index is 11.7. The number of para-hydroxylation sites is 1. The Kier molecular flexibility index (Phi) is 3.86. The minimum absolute atomic E-state index is 0.0958. The normalized spacial score (nSPS) is 20.2. The zero-order chi connectivity index (χ0) is 12.3. The second kappa shape index (κ2) is 5.38. The van der Waals surface area contributed by atoms with E-state index in [-0.39, 0.29) is 18.6 Å². The predicted octanol–water partition coefficient (Wildman–Crippen LogP) is 2.30. The van der Waals surface area contributed by atoms with Crippen molar-refractivity contribution in [3.63, 3.8) is 0 Å². The summed E-state index contributed by atoms with van der Waals surface area (Å²) >= 11 is 6.05. The zero-order valence-electron chi connectivity index (χ0n) is 9.30. The Balaban J connectivity index is 2.18. The molecule has 1 aromatic carbocycles. The lowest BCUT2D eigenvalue weighted by Gasteiger charge is -2.32. The summed E-state index contributed by atoms with van der Waals surface area (Å²) in [4.78, 5) is 13.2. The lowest BCUT2D eigenvalue weighted by atomic mass is 10.1. The van der Waals surface area contributed by atoms with Crippen molar-refractivity contribution >= 4 is 23.4 Å². The molecule has 1 atom stereocenters. The number of anilines is 1. The zero-order valence-corrected chi connectivity index (χ0v) is 10.1. The van der Waals surface area contributed by atoms with Crippen molar-refractivity contribution in [2.24, 2.45) is 5.92 Å². The summed E-state index contributed by atoms with van der Waals surface area (Å²) in [5.41, 5.74) is 0.654. The molecule has 1 aromatic rings. The standard InChI is InChI=1S/C12H14ClNO3/c13-10-3-1-2-4-11(10)14-7-9(5-6-15)8-17-12(14)16/h1-4,9,15H,5-8H2. The summed E-state index contributed by atoms with van der Waals surface area (Å²) in [6.45, 7) is 0.988. The molecule has 1 unspecified atom stereocenters. The maximum absolute atomic E-state index is 11.7. The molecule has 1 heterocycles. The predicted molar refractivity (Wildman–Crippen MR) is 65.3 cm³/mol. The lowest BCUT2D eigenvalue weighted by molar-refractivity contribution is 0.104. The van der Waals surface area contributed by atoms with Crippen LogP contribution in [0.4, 0.5) is 10.5 Å². The fraction of sp³-hybridized carbons (Fsp3) is 0.417. The van der Waals surface area contributed by atoms with Crippen molar-refractivity contribution < 1.29 is 14.6 Å². The summed E-state index contributed by atoms with van der Waals surface area (Å²) in [5, 5.41) is 9.43. The van der Waals surface area contributed by atoms with Crippen molar-refractivity contribution in [1.82, 2.24) is 0 Å². The summed E-state index contributed by atoms with van der Waals surface area (Å²) in [5.74, 6) is 0.147. The van der Waals surface area contributed by atoms with Gasteiger partial charge >= 0.3 is 6.09 Å². The Bertz CT molecular complexity index is 410. The van der Waals surface area contributed by atoms with Crippen molar-refractivity contribution in [3.8, 4) is 0 Å². The third-order valence-electron chi connectivity index (χ3n) is 2.78. The van der Waals surface area contributed by atoms with Gasteiger partial charge in [0.15, 0.2) is 0 Å². The van der Waals surface area contributed by atoms with E-state index < -0.39 is 0 Å². The molecule has 1 aliphatic heterocycles. The van der Waals surface area contributed by atoms with Gasteiger partial charge in [0.2, 0.25) is 0 Å². The van der Waals surface area contributed by atoms with Crippen molar-refractivity contribution in [2.45, 2.75) is 6.42 Å². The monoisotopic (exact) mass is 255 g/mol. The summed E-state index contributed by atoms with van der Waals surface area (Å²) in [6.07, 6.45) is 0.237. The van der Waals surface area contributed by atoms with Crippen LogP contribution in [0, 0.1) is 5.92 Å².